The molecular formula is C28H30Cl2FN3O4S. The highest BCUT2D eigenvalue weighted by atomic mass is 35.5. The van der Waals surface area contributed by atoms with Gasteiger partial charge in [-0.1, -0.05) is 55.2 Å². The van der Waals surface area contributed by atoms with Gasteiger partial charge in [-0.25, -0.2) is 12.8 Å². The summed E-state index contributed by atoms with van der Waals surface area (Å²) >= 11 is 12.1. The molecule has 7 nitrogen and oxygen atoms in total. The number of nitrogens with one attached hydrogen (secondary N) is 1. The molecule has 39 heavy (non-hydrogen) atoms. The third-order valence-corrected chi connectivity index (χ3v) is 8.25. The highest BCUT2D eigenvalue weighted by molar-refractivity contribution is 7.92. The van der Waals surface area contributed by atoms with E-state index in [1.54, 1.807) is 19.1 Å². The largest absolute Gasteiger partial charge is 0.354 e. The number of anilines is 1. The summed E-state index contributed by atoms with van der Waals surface area (Å²) in [4.78, 5) is 28.2. The third-order valence-electron chi connectivity index (χ3n) is 5.98. The first-order chi connectivity index (χ1) is 18.6. The average Bonchev–Trinajstić information content (AvgIpc) is 2.91. The van der Waals surface area contributed by atoms with Gasteiger partial charge >= 0.3 is 0 Å². The quantitative estimate of drug-likeness (QED) is 0.293. The van der Waals surface area contributed by atoms with Gasteiger partial charge in [0.2, 0.25) is 11.8 Å². The lowest BCUT2D eigenvalue weighted by atomic mass is 10.1. The SMILES string of the molecule is CCCNC(=O)C(CC)N(Cc1ccc(F)cc1)C(=O)CN(c1cccc(Cl)c1)S(=O)(=O)c1ccc(Cl)cc1. The topological polar surface area (TPSA) is 86.8 Å². The standard InChI is InChI=1S/C28H30Cl2FN3O4S/c1-3-16-32-28(36)26(4-2)33(18-20-8-12-23(31)13-9-20)27(35)19-34(24-7-5-6-22(30)17-24)39(37,38)25-14-10-21(29)11-15-25/h5-15,17,26H,3-4,16,18-19H2,1-2H3,(H,32,36). The summed E-state index contributed by atoms with van der Waals surface area (Å²) < 4.78 is 42.0. The molecule has 0 spiro atoms. The molecule has 3 rings (SSSR count). The number of carbonyl (C=O) groups is 2. The summed E-state index contributed by atoms with van der Waals surface area (Å²) in [6.07, 6.45) is 0.986. The zero-order chi connectivity index (χ0) is 28.6. The molecule has 3 aromatic rings. The van der Waals surface area contributed by atoms with Crippen molar-refractivity contribution in [3.8, 4) is 0 Å². The van der Waals surface area contributed by atoms with Crippen LogP contribution in [0.2, 0.25) is 10.0 Å². The van der Waals surface area contributed by atoms with Crippen molar-refractivity contribution in [3.05, 3.63) is 94.2 Å². The molecule has 3 aromatic carbocycles. The molecule has 2 amide bonds. The molecule has 0 heterocycles. The second-order valence-corrected chi connectivity index (χ2v) is 11.5. The summed E-state index contributed by atoms with van der Waals surface area (Å²) in [5.74, 6) is -1.41. The monoisotopic (exact) mass is 593 g/mol. The van der Waals surface area contributed by atoms with Gasteiger partial charge < -0.3 is 10.2 Å². The second kappa shape index (κ2) is 13.8. The van der Waals surface area contributed by atoms with Crippen molar-refractivity contribution in [1.29, 1.82) is 0 Å². The lowest BCUT2D eigenvalue weighted by Crippen LogP contribution is -2.52. The van der Waals surface area contributed by atoms with Crippen LogP contribution in [0.25, 0.3) is 0 Å². The maximum Gasteiger partial charge on any atom is 0.264 e. The fraction of sp³-hybridized carbons (Fsp3) is 0.286. The molecular weight excluding hydrogens is 564 g/mol. The van der Waals surface area contributed by atoms with Gasteiger partial charge in [-0.05, 0) is 73.0 Å². The van der Waals surface area contributed by atoms with Crippen LogP contribution in [0, 0.1) is 5.82 Å². The Bertz CT molecular complexity index is 1390. The van der Waals surface area contributed by atoms with Crippen molar-refractivity contribution < 1.29 is 22.4 Å². The molecule has 0 fully saturated rings. The summed E-state index contributed by atoms with van der Waals surface area (Å²) in [7, 11) is -4.24. The van der Waals surface area contributed by atoms with Gasteiger partial charge in [0.1, 0.15) is 18.4 Å². The van der Waals surface area contributed by atoms with E-state index in [2.05, 4.69) is 5.32 Å². The molecule has 1 atom stereocenters. The fourth-order valence-corrected chi connectivity index (χ4v) is 5.68. The summed E-state index contributed by atoms with van der Waals surface area (Å²) in [5.41, 5.74) is 0.761. The zero-order valence-electron chi connectivity index (χ0n) is 21.6. The molecule has 1 unspecified atom stereocenters. The lowest BCUT2D eigenvalue weighted by Gasteiger charge is -2.33. The van der Waals surface area contributed by atoms with E-state index >= 15 is 0 Å². The Balaban J connectivity index is 2.04. The van der Waals surface area contributed by atoms with E-state index < -0.39 is 34.3 Å². The molecule has 0 aliphatic rings. The number of sulfonamides is 1. The van der Waals surface area contributed by atoms with E-state index in [1.807, 2.05) is 6.92 Å². The first-order valence-corrected chi connectivity index (χ1v) is 14.6. The predicted octanol–water partition coefficient (Wildman–Crippen LogP) is 5.66. The van der Waals surface area contributed by atoms with E-state index in [0.717, 1.165) is 4.31 Å². The first-order valence-electron chi connectivity index (χ1n) is 12.4. The highest BCUT2D eigenvalue weighted by Crippen LogP contribution is 2.27. The van der Waals surface area contributed by atoms with Crippen LogP contribution in [0.15, 0.2) is 77.7 Å². The average molecular weight is 595 g/mol. The third kappa shape index (κ3) is 7.94. The van der Waals surface area contributed by atoms with E-state index in [0.29, 0.717) is 23.6 Å². The second-order valence-electron chi connectivity index (χ2n) is 8.81. The van der Waals surface area contributed by atoms with Gasteiger partial charge in [0.15, 0.2) is 0 Å². The van der Waals surface area contributed by atoms with Crippen molar-refractivity contribution in [3.63, 3.8) is 0 Å². The van der Waals surface area contributed by atoms with Crippen molar-refractivity contribution >= 4 is 50.7 Å². The molecule has 0 saturated heterocycles. The number of carbonyl (C=O) groups excluding carboxylic acids is 2. The molecule has 208 valence electrons. The normalized spacial score (nSPS) is 12.0. The number of nitrogens with zero attached hydrogens (tertiary/aromatic N) is 2. The summed E-state index contributed by atoms with van der Waals surface area (Å²) in [6.45, 7) is 3.46. The van der Waals surface area contributed by atoms with E-state index in [-0.39, 0.29) is 34.5 Å². The predicted molar refractivity (Wildman–Crippen MR) is 152 cm³/mol. The summed E-state index contributed by atoms with van der Waals surface area (Å²) in [5, 5.41) is 3.45. The molecule has 0 aliphatic carbocycles. The molecule has 1 N–H and O–H groups in total. The Kier molecular flexibility index (Phi) is 10.7. The number of hydrogen-bond acceptors (Lipinski definition) is 4. The lowest BCUT2D eigenvalue weighted by molar-refractivity contribution is -0.140. The van der Waals surface area contributed by atoms with Crippen molar-refractivity contribution in [2.75, 3.05) is 17.4 Å². The van der Waals surface area contributed by atoms with Gasteiger partial charge in [0.05, 0.1) is 10.6 Å². The van der Waals surface area contributed by atoms with E-state index in [9.17, 15) is 22.4 Å². The van der Waals surface area contributed by atoms with Gasteiger partial charge in [0.25, 0.3) is 10.0 Å². The maximum atomic E-state index is 13.9. The van der Waals surface area contributed by atoms with Gasteiger partial charge in [-0.3, -0.25) is 13.9 Å². The Morgan fingerprint density at radius 1 is 0.949 bits per heavy atom. The molecule has 0 saturated carbocycles. The Morgan fingerprint density at radius 2 is 1.62 bits per heavy atom. The number of hydrogen-bond donors (Lipinski definition) is 1. The van der Waals surface area contributed by atoms with Crippen LogP contribution in [0.1, 0.15) is 32.3 Å². The zero-order valence-corrected chi connectivity index (χ0v) is 23.9. The smallest absolute Gasteiger partial charge is 0.264 e. The number of rotatable bonds is 12. The minimum Gasteiger partial charge on any atom is -0.354 e. The van der Waals surface area contributed by atoms with Crippen molar-refractivity contribution in [2.45, 2.75) is 44.2 Å². The van der Waals surface area contributed by atoms with Crippen molar-refractivity contribution in [1.82, 2.24) is 10.2 Å². The molecule has 11 heteroatoms. The van der Waals surface area contributed by atoms with Crippen LogP contribution < -0.4 is 9.62 Å². The summed E-state index contributed by atoms with van der Waals surface area (Å²) in [6, 6.07) is 16.4. The minimum atomic E-state index is -4.24. The maximum absolute atomic E-state index is 13.9. The molecule has 0 radical (unpaired) electrons. The molecule has 0 bridgehead atoms. The number of benzene rings is 3. The molecule has 0 aliphatic heterocycles. The first kappa shape index (κ1) is 30.4. The van der Waals surface area contributed by atoms with Crippen LogP contribution >= 0.6 is 23.2 Å². The van der Waals surface area contributed by atoms with Gasteiger partial charge in [-0.2, -0.15) is 0 Å². The van der Waals surface area contributed by atoms with Crippen LogP contribution in [0.5, 0.6) is 0 Å². The van der Waals surface area contributed by atoms with Crippen LogP contribution in [0.4, 0.5) is 10.1 Å². The highest BCUT2D eigenvalue weighted by Gasteiger charge is 2.33. The Morgan fingerprint density at radius 3 is 2.21 bits per heavy atom. The number of amides is 2. The van der Waals surface area contributed by atoms with Gasteiger partial charge in [-0.15, -0.1) is 0 Å². The Hall–Kier alpha value is -3.14. The van der Waals surface area contributed by atoms with Crippen LogP contribution in [-0.2, 0) is 26.2 Å². The number of halogens is 3. The van der Waals surface area contributed by atoms with Gasteiger partial charge in [0, 0.05) is 23.1 Å². The van der Waals surface area contributed by atoms with Crippen LogP contribution in [-0.4, -0.2) is 44.3 Å². The Labute approximate surface area is 238 Å². The molecule has 0 aromatic heterocycles. The van der Waals surface area contributed by atoms with E-state index in [4.69, 9.17) is 23.2 Å². The fourth-order valence-electron chi connectivity index (χ4n) is 3.97. The van der Waals surface area contributed by atoms with Crippen molar-refractivity contribution in [2.24, 2.45) is 0 Å². The van der Waals surface area contributed by atoms with Crippen LogP contribution in [0.3, 0.4) is 0 Å². The minimum absolute atomic E-state index is 0.0262. The van der Waals surface area contributed by atoms with E-state index in [1.165, 1.54) is 65.6 Å².